The van der Waals surface area contributed by atoms with Gasteiger partial charge in [0.2, 0.25) is 0 Å². The molecule has 0 radical (unpaired) electrons. The normalized spacial score (nSPS) is 11.1. The van der Waals surface area contributed by atoms with Crippen molar-refractivity contribution in [3.8, 4) is 0 Å². The van der Waals surface area contributed by atoms with E-state index in [-0.39, 0.29) is 5.69 Å². The minimum Gasteiger partial charge on any atom is -0.383 e. The minimum atomic E-state index is -2.50. The van der Waals surface area contributed by atoms with E-state index >= 15 is 0 Å². The van der Waals surface area contributed by atoms with Crippen LogP contribution >= 0.6 is 0 Å². The average Bonchev–Trinajstić information content (AvgIpc) is 2.60. The molecule has 1 rings (SSSR count). The molecule has 0 saturated heterocycles. The number of rotatable bonds is 6. The number of nitrogens with zero attached hydrogens (tertiary/aromatic N) is 1. The van der Waals surface area contributed by atoms with Gasteiger partial charge in [-0.25, -0.2) is 8.78 Å². The number of ether oxygens (including phenoxy) is 1. The molecule has 0 aliphatic rings. The first kappa shape index (κ1) is 11.1. The van der Waals surface area contributed by atoms with E-state index in [0.29, 0.717) is 25.3 Å². The second-order valence-corrected chi connectivity index (χ2v) is 2.78. The molecule has 0 bridgehead atoms. The molecule has 0 saturated carbocycles. The van der Waals surface area contributed by atoms with Gasteiger partial charge in [0.25, 0.3) is 6.43 Å². The maximum atomic E-state index is 12.3. The van der Waals surface area contributed by atoms with Crippen LogP contribution in [0.2, 0.25) is 0 Å². The second kappa shape index (κ2) is 5.66. The Balaban J connectivity index is 2.38. The summed E-state index contributed by atoms with van der Waals surface area (Å²) in [5, 5.41) is 8.81. The number of hydrogen-bond acceptors (Lipinski definition) is 3. The molecule has 1 aromatic heterocycles. The molecule has 4 nitrogen and oxygen atoms in total. The quantitative estimate of drug-likeness (QED) is 0.683. The molecule has 80 valence electrons. The van der Waals surface area contributed by atoms with Gasteiger partial charge in [-0.15, -0.1) is 0 Å². The van der Waals surface area contributed by atoms with Gasteiger partial charge in [0.1, 0.15) is 5.69 Å². The van der Waals surface area contributed by atoms with Crippen molar-refractivity contribution in [1.29, 1.82) is 0 Å². The maximum Gasteiger partial charge on any atom is 0.280 e. The number of hydrogen-bond donors (Lipinski definition) is 2. The van der Waals surface area contributed by atoms with Gasteiger partial charge in [-0.05, 0) is 0 Å². The molecular weight excluding hydrogens is 192 g/mol. The van der Waals surface area contributed by atoms with Crippen molar-refractivity contribution >= 4 is 0 Å². The van der Waals surface area contributed by atoms with Crippen LogP contribution in [-0.4, -0.2) is 30.5 Å². The van der Waals surface area contributed by atoms with Gasteiger partial charge >= 0.3 is 0 Å². The zero-order valence-electron chi connectivity index (χ0n) is 7.89. The molecule has 1 aromatic rings. The molecule has 1 heterocycles. The van der Waals surface area contributed by atoms with E-state index in [1.54, 1.807) is 7.11 Å². The molecule has 0 fully saturated rings. The fraction of sp³-hybridized carbons (Fsp3) is 0.625. The second-order valence-electron chi connectivity index (χ2n) is 2.78. The summed E-state index contributed by atoms with van der Waals surface area (Å²) in [6, 6.07) is 0. The summed E-state index contributed by atoms with van der Waals surface area (Å²) in [7, 11) is 1.59. The van der Waals surface area contributed by atoms with Crippen LogP contribution in [0.4, 0.5) is 8.78 Å². The SMILES string of the molecule is COCCNCc1cn[nH]c1C(F)F. The first-order valence-electron chi connectivity index (χ1n) is 4.25. The van der Waals surface area contributed by atoms with E-state index in [1.807, 2.05) is 0 Å². The van der Waals surface area contributed by atoms with Crippen molar-refractivity contribution in [2.24, 2.45) is 0 Å². The smallest absolute Gasteiger partial charge is 0.280 e. The number of aromatic nitrogens is 2. The molecule has 14 heavy (non-hydrogen) atoms. The number of H-pyrrole nitrogens is 1. The van der Waals surface area contributed by atoms with Crippen LogP contribution in [0.25, 0.3) is 0 Å². The number of alkyl halides is 2. The van der Waals surface area contributed by atoms with E-state index < -0.39 is 6.43 Å². The van der Waals surface area contributed by atoms with E-state index in [0.717, 1.165) is 0 Å². The third-order valence-corrected chi connectivity index (χ3v) is 1.77. The summed E-state index contributed by atoms with van der Waals surface area (Å²) in [5.41, 5.74) is 0.381. The maximum absolute atomic E-state index is 12.3. The Hall–Kier alpha value is -1.01. The minimum absolute atomic E-state index is 0.116. The van der Waals surface area contributed by atoms with Crippen molar-refractivity contribution in [3.63, 3.8) is 0 Å². The van der Waals surface area contributed by atoms with Crippen LogP contribution in [0.1, 0.15) is 17.7 Å². The number of methoxy groups -OCH3 is 1. The third-order valence-electron chi connectivity index (χ3n) is 1.77. The lowest BCUT2D eigenvalue weighted by Crippen LogP contribution is -2.19. The van der Waals surface area contributed by atoms with Crippen LogP contribution in [0.5, 0.6) is 0 Å². The van der Waals surface area contributed by atoms with Crippen molar-refractivity contribution in [2.75, 3.05) is 20.3 Å². The summed E-state index contributed by atoms with van der Waals surface area (Å²) >= 11 is 0. The highest BCUT2D eigenvalue weighted by Gasteiger charge is 2.14. The standard InChI is InChI=1S/C8H13F2N3O/c1-14-3-2-11-4-6-5-12-13-7(6)8(9)10/h5,8,11H,2-4H2,1H3,(H,12,13). The highest BCUT2D eigenvalue weighted by Crippen LogP contribution is 2.19. The molecular formula is C8H13F2N3O. The Morgan fingerprint density at radius 1 is 1.64 bits per heavy atom. The predicted octanol–water partition coefficient (Wildman–Crippen LogP) is 1.08. The highest BCUT2D eigenvalue weighted by atomic mass is 19.3. The molecule has 0 spiro atoms. The zero-order chi connectivity index (χ0) is 10.4. The van der Waals surface area contributed by atoms with Crippen LogP contribution in [0.3, 0.4) is 0 Å². The topological polar surface area (TPSA) is 49.9 Å². The third kappa shape index (κ3) is 3.04. The molecule has 0 aliphatic heterocycles. The lowest BCUT2D eigenvalue weighted by Gasteiger charge is -2.03. The molecule has 0 amide bonds. The van der Waals surface area contributed by atoms with Crippen molar-refractivity contribution in [1.82, 2.24) is 15.5 Å². The fourth-order valence-electron chi connectivity index (χ4n) is 1.05. The Morgan fingerprint density at radius 3 is 3.07 bits per heavy atom. The largest absolute Gasteiger partial charge is 0.383 e. The monoisotopic (exact) mass is 205 g/mol. The summed E-state index contributed by atoms with van der Waals surface area (Å²) < 4.78 is 29.4. The molecule has 0 unspecified atom stereocenters. The van der Waals surface area contributed by atoms with Gasteiger partial charge in [-0.3, -0.25) is 5.10 Å². The van der Waals surface area contributed by atoms with Crippen molar-refractivity contribution < 1.29 is 13.5 Å². The van der Waals surface area contributed by atoms with E-state index in [2.05, 4.69) is 15.5 Å². The molecule has 0 aliphatic carbocycles. The number of halogens is 2. The van der Waals surface area contributed by atoms with Crippen molar-refractivity contribution in [3.05, 3.63) is 17.5 Å². The van der Waals surface area contributed by atoms with Gasteiger partial charge in [0.05, 0.1) is 12.8 Å². The molecule has 6 heteroatoms. The number of aromatic amines is 1. The number of nitrogens with one attached hydrogen (secondary N) is 2. The highest BCUT2D eigenvalue weighted by molar-refractivity contribution is 5.16. The molecule has 0 atom stereocenters. The summed E-state index contributed by atoms with van der Waals surface area (Å²) in [6.45, 7) is 1.56. The van der Waals surface area contributed by atoms with Gasteiger partial charge in [0.15, 0.2) is 0 Å². The van der Waals surface area contributed by atoms with Gasteiger partial charge < -0.3 is 10.1 Å². The lowest BCUT2D eigenvalue weighted by molar-refractivity contribution is 0.144. The van der Waals surface area contributed by atoms with Crippen LogP contribution < -0.4 is 5.32 Å². The van der Waals surface area contributed by atoms with Crippen molar-refractivity contribution in [2.45, 2.75) is 13.0 Å². The first-order chi connectivity index (χ1) is 6.75. The van der Waals surface area contributed by atoms with Crippen LogP contribution in [0.15, 0.2) is 6.20 Å². The Labute approximate surface area is 80.6 Å². The van der Waals surface area contributed by atoms with E-state index in [4.69, 9.17) is 4.74 Å². The Bertz CT molecular complexity index is 265. The Kier molecular flexibility index (Phi) is 4.48. The predicted molar refractivity (Wildman–Crippen MR) is 47.1 cm³/mol. The van der Waals surface area contributed by atoms with Gasteiger partial charge in [-0.2, -0.15) is 5.10 Å². The first-order valence-corrected chi connectivity index (χ1v) is 4.25. The lowest BCUT2D eigenvalue weighted by atomic mass is 10.2. The van der Waals surface area contributed by atoms with Crippen LogP contribution in [-0.2, 0) is 11.3 Å². The fourth-order valence-corrected chi connectivity index (χ4v) is 1.05. The Morgan fingerprint density at radius 2 is 2.43 bits per heavy atom. The van der Waals surface area contributed by atoms with E-state index in [9.17, 15) is 8.78 Å². The summed E-state index contributed by atoms with van der Waals surface area (Å²) in [4.78, 5) is 0. The van der Waals surface area contributed by atoms with E-state index in [1.165, 1.54) is 6.20 Å². The average molecular weight is 205 g/mol. The molecule has 2 N–H and O–H groups in total. The zero-order valence-corrected chi connectivity index (χ0v) is 7.89. The summed E-state index contributed by atoms with van der Waals surface area (Å²) in [5.74, 6) is 0. The van der Waals surface area contributed by atoms with Crippen LogP contribution in [0, 0.1) is 0 Å². The molecule has 0 aromatic carbocycles. The van der Waals surface area contributed by atoms with Gasteiger partial charge in [-0.1, -0.05) is 0 Å². The van der Waals surface area contributed by atoms with Gasteiger partial charge in [0, 0.05) is 25.8 Å². The summed E-state index contributed by atoms with van der Waals surface area (Å²) in [6.07, 6.45) is -1.10.